The molecule has 0 aromatic carbocycles. The summed E-state index contributed by atoms with van der Waals surface area (Å²) in [5.74, 6) is 2.31. The Bertz CT molecular complexity index is 434. The molecule has 0 saturated heterocycles. The van der Waals surface area contributed by atoms with Crippen molar-refractivity contribution in [1.82, 2.24) is 0 Å². The van der Waals surface area contributed by atoms with Gasteiger partial charge in [0, 0.05) is 12.5 Å². The van der Waals surface area contributed by atoms with Crippen LogP contribution in [0.1, 0.15) is 24.9 Å². The van der Waals surface area contributed by atoms with Crippen LogP contribution in [-0.4, -0.2) is 12.8 Å². The minimum absolute atomic E-state index is 0.204. The summed E-state index contributed by atoms with van der Waals surface area (Å²) < 4.78 is 11.3. The monoisotopic (exact) mass is 223 g/mol. The van der Waals surface area contributed by atoms with Crippen LogP contribution in [0.4, 0.5) is 5.69 Å². The standard InChI is InChI=1S/C11H14NO2P/c1-6-4-8(12-3)10(13-6)11-9(15)5-7(2)14-11/h4,7H,3,5,15H2,1-2H3. The van der Waals surface area contributed by atoms with Gasteiger partial charge >= 0.3 is 0 Å². The second-order valence-electron chi connectivity index (χ2n) is 3.72. The van der Waals surface area contributed by atoms with Gasteiger partial charge in [-0.1, -0.05) is 0 Å². The lowest BCUT2D eigenvalue weighted by atomic mass is 10.2. The predicted octanol–water partition coefficient (Wildman–Crippen LogP) is 3.27. The van der Waals surface area contributed by atoms with Crippen LogP contribution < -0.4 is 0 Å². The molecular formula is C11H14NO2P. The molecule has 0 amide bonds. The number of rotatable bonds is 2. The van der Waals surface area contributed by atoms with Crippen molar-refractivity contribution in [3.63, 3.8) is 0 Å². The molecule has 0 saturated carbocycles. The number of aliphatic imine (C=N–C) groups is 1. The van der Waals surface area contributed by atoms with Gasteiger partial charge < -0.3 is 9.15 Å². The molecule has 0 N–H and O–H groups in total. The van der Waals surface area contributed by atoms with Crippen LogP contribution in [0.5, 0.6) is 0 Å². The molecule has 15 heavy (non-hydrogen) atoms. The number of aryl methyl sites for hydroxylation is 1. The first-order valence-corrected chi connectivity index (χ1v) is 5.42. The van der Waals surface area contributed by atoms with Crippen molar-refractivity contribution in [2.75, 3.05) is 0 Å². The number of nitrogens with zero attached hydrogens (tertiary/aromatic N) is 1. The van der Waals surface area contributed by atoms with Gasteiger partial charge in [-0.2, -0.15) is 0 Å². The molecule has 0 fully saturated rings. The van der Waals surface area contributed by atoms with Gasteiger partial charge in [-0.25, -0.2) is 0 Å². The van der Waals surface area contributed by atoms with Crippen LogP contribution in [0.15, 0.2) is 20.8 Å². The highest BCUT2D eigenvalue weighted by molar-refractivity contribution is 7.23. The summed E-state index contributed by atoms with van der Waals surface area (Å²) in [5.41, 5.74) is 0.747. The Hall–Kier alpha value is -1.08. The lowest BCUT2D eigenvalue weighted by Crippen LogP contribution is -1.97. The van der Waals surface area contributed by atoms with Crippen LogP contribution in [0.2, 0.25) is 0 Å². The van der Waals surface area contributed by atoms with E-state index in [9.17, 15) is 0 Å². The summed E-state index contributed by atoms with van der Waals surface area (Å²) in [7, 11) is 2.69. The fourth-order valence-corrected chi connectivity index (χ4v) is 2.23. The minimum Gasteiger partial charge on any atom is -0.486 e. The molecule has 0 aliphatic carbocycles. The topological polar surface area (TPSA) is 34.7 Å². The van der Waals surface area contributed by atoms with Crippen molar-refractivity contribution in [2.45, 2.75) is 26.4 Å². The van der Waals surface area contributed by atoms with Crippen molar-refractivity contribution in [3.05, 3.63) is 22.9 Å². The molecule has 1 aliphatic heterocycles. The molecule has 2 heterocycles. The summed E-state index contributed by atoms with van der Waals surface area (Å²) in [6, 6.07) is 1.86. The first kappa shape index (κ1) is 10.4. The van der Waals surface area contributed by atoms with Gasteiger partial charge in [0.15, 0.2) is 11.5 Å². The Morgan fingerprint density at radius 3 is 2.87 bits per heavy atom. The molecule has 0 radical (unpaired) electrons. The van der Waals surface area contributed by atoms with Crippen molar-refractivity contribution in [3.8, 4) is 0 Å². The van der Waals surface area contributed by atoms with Crippen molar-refractivity contribution in [1.29, 1.82) is 0 Å². The Balaban J connectivity index is 2.45. The average molecular weight is 223 g/mol. The lowest BCUT2D eigenvalue weighted by Gasteiger charge is -2.06. The van der Waals surface area contributed by atoms with Gasteiger partial charge in [-0.3, -0.25) is 4.99 Å². The van der Waals surface area contributed by atoms with Crippen LogP contribution in [0.25, 0.3) is 5.76 Å². The first-order chi connectivity index (χ1) is 7.11. The molecule has 4 heteroatoms. The third-order valence-electron chi connectivity index (χ3n) is 2.33. The van der Waals surface area contributed by atoms with Gasteiger partial charge in [-0.15, -0.1) is 9.24 Å². The third-order valence-corrected chi connectivity index (χ3v) is 2.83. The fourth-order valence-electron chi connectivity index (χ4n) is 1.70. The predicted molar refractivity (Wildman–Crippen MR) is 64.4 cm³/mol. The lowest BCUT2D eigenvalue weighted by molar-refractivity contribution is 0.204. The molecule has 0 spiro atoms. The number of ether oxygens (including phenoxy) is 1. The van der Waals surface area contributed by atoms with Gasteiger partial charge in [0.25, 0.3) is 0 Å². The highest BCUT2D eigenvalue weighted by atomic mass is 31.0. The van der Waals surface area contributed by atoms with E-state index in [2.05, 4.69) is 20.9 Å². The largest absolute Gasteiger partial charge is 0.486 e. The Kier molecular flexibility index (Phi) is 2.66. The molecule has 2 unspecified atom stereocenters. The second kappa shape index (κ2) is 3.82. The molecule has 1 aromatic heterocycles. The molecule has 2 atom stereocenters. The van der Waals surface area contributed by atoms with Gasteiger partial charge in [0.05, 0.1) is 0 Å². The van der Waals surface area contributed by atoms with Crippen LogP contribution in [-0.2, 0) is 4.74 Å². The molecule has 80 valence electrons. The maximum Gasteiger partial charge on any atom is 0.194 e. The van der Waals surface area contributed by atoms with Crippen LogP contribution in [0, 0.1) is 6.92 Å². The smallest absolute Gasteiger partial charge is 0.194 e. The van der Waals surface area contributed by atoms with E-state index in [1.54, 1.807) is 0 Å². The molecular weight excluding hydrogens is 209 g/mol. The number of hydrogen-bond donors (Lipinski definition) is 0. The second-order valence-corrected chi connectivity index (χ2v) is 4.41. The normalized spacial score (nSPS) is 20.6. The van der Waals surface area contributed by atoms with Crippen molar-refractivity contribution < 1.29 is 9.15 Å². The first-order valence-electron chi connectivity index (χ1n) is 4.84. The third kappa shape index (κ3) is 1.84. The zero-order valence-corrected chi connectivity index (χ0v) is 10.1. The molecule has 1 aliphatic rings. The Morgan fingerprint density at radius 1 is 1.60 bits per heavy atom. The molecule has 3 nitrogen and oxygen atoms in total. The number of hydrogen-bond acceptors (Lipinski definition) is 3. The summed E-state index contributed by atoms with van der Waals surface area (Å²) >= 11 is 0. The maximum absolute atomic E-state index is 5.69. The molecule has 0 bridgehead atoms. The van der Waals surface area contributed by atoms with Crippen LogP contribution in [0.3, 0.4) is 0 Å². The zero-order valence-electron chi connectivity index (χ0n) is 8.91. The minimum atomic E-state index is 0.204. The summed E-state index contributed by atoms with van der Waals surface area (Å²) in [4.78, 5) is 3.93. The van der Waals surface area contributed by atoms with Gasteiger partial charge in [0.2, 0.25) is 0 Å². The van der Waals surface area contributed by atoms with Crippen LogP contribution >= 0.6 is 9.24 Å². The molecule has 1 aromatic rings. The summed E-state index contributed by atoms with van der Waals surface area (Å²) in [6.07, 6.45) is 1.12. The van der Waals surface area contributed by atoms with E-state index < -0.39 is 0 Å². The quantitative estimate of drug-likeness (QED) is 0.569. The summed E-state index contributed by atoms with van der Waals surface area (Å²) in [5, 5.41) is 1.13. The van der Waals surface area contributed by atoms with E-state index in [1.165, 1.54) is 0 Å². The average Bonchev–Trinajstić information content (AvgIpc) is 2.69. The van der Waals surface area contributed by atoms with E-state index in [1.807, 2.05) is 19.9 Å². The molecule has 2 rings (SSSR count). The van der Waals surface area contributed by atoms with Gasteiger partial charge in [0.1, 0.15) is 17.6 Å². The Labute approximate surface area is 91.4 Å². The van der Waals surface area contributed by atoms with Crippen molar-refractivity contribution >= 4 is 27.4 Å². The van der Waals surface area contributed by atoms with E-state index in [4.69, 9.17) is 9.15 Å². The highest BCUT2D eigenvalue weighted by Gasteiger charge is 2.25. The maximum atomic E-state index is 5.69. The van der Waals surface area contributed by atoms with E-state index in [0.717, 1.165) is 28.9 Å². The van der Waals surface area contributed by atoms with E-state index in [0.29, 0.717) is 5.76 Å². The zero-order chi connectivity index (χ0) is 11.0. The SMILES string of the molecule is C=Nc1cc(C)oc1C1=C(P)CC(C)O1. The highest BCUT2D eigenvalue weighted by Crippen LogP contribution is 2.40. The van der Waals surface area contributed by atoms with Gasteiger partial charge in [-0.05, 0) is 25.9 Å². The fraction of sp³-hybridized carbons (Fsp3) is 0.364. The number of furan rings is 1. The summed E-state index contributed by atoms with van der Waals surface area (Å²) in [6.45, 7) is 7.45. The van der Waals surface area contributed by atoms with E-state index >= 15 is 0 Å². The Morgan fingerprint density at radius 2 is 2.33 bits per heavy atom. The van der Waals surface area contributed by atoms with Crippen molar-refractivity contribution in [2.24, 2.45) is 4.99 Å². The van der Waals surface area contributed by atoms with E-state index in [-0.39, 0.29) is 6.10 Å².